The zero-order chi connectivity index (χ0) is 37.9. The average Bonchev–Trinajstić information content (AvgIpc) is 4.07. The first-order valence-electron chi connectivity index (χ1n) is 19.0. The summed E-state index contributed by atoms with van der Waals surface area (Å²) in [6.45, 7) is 2.95. The molecule has 8 rings (SSSR count). The van der Waals surface area contributed by atoms with Gasteiger partial charge in [0.25, 0.3) is 11.8 Å². The van der Waals surface area contributed by atoms with Gasteiger partial charge in [0.05, 0.1) is 44.1 Å². The molecule has 5 fully saturated rings. The fourth-order valence-corrected chi connectivity index (χ4v) is 8.83. The van der Waals surface area contributed by atoms with Crippen molar-refractivity contribution >= 4 is 23.4 Å². The van der Waals surface area contributed by atoms with Crippen LogP contribution in [0.15, 0.2) is 24.4 Å². The molecule has 2 saturated carbocycles. The van der Waals surface area contributed by atoms with Gasteiger partial charge in [-0.05, 0) is 75.3 Å². The van der Waals surface area contributed by atoms with E-state index < -0.39 is 72.8 Å². The molecule has 1 spiro atoms. The minimum Gasteiger partial charge on any atom is -0.487 e. The summed E-state index contributed by atoms with van der Waals surface area (Å²) in [5.41, 5.74) is -0.669. The maximum Gasteiger partial charge on any atom is 0.416 e. The minimum atomic E-state index is -4.82. The molecule has 54 heavy (non-hydrogen) atoms. The number of rotatable bonds is 11. The van der Waals surface area contributed by atoms with Gasteiger partial charge >= 0.3 is 6.18 Å². The lowest BCUT2D eigenvalue weighted by Crippen LogP contribution is -2.61. The number of alkyl halides is 3. The number of morpholine rings is 1. The number of nitrogens with zero attached hydrogens (tertiary/aromatic N) is 4. The maximum absolute atomic E-state index is 16.3. The fourth-order valence-electron chi connectivity index (χ4n) is 8.83. The van der Waals surface area contributed by atoms with Gasteiger partial charge < -0.3 is 34.9 Å². The fraction of sp³-hybridized carbons (Fsp3) is 0.676. The normalized spacial score (nSPS) is 26.6. The lowest BCUT2D eigenvalue weighted by Gasteiger charge is -2.52. The van der Waals surface area contributed by atoms with E-state index in [1.807, 2.05) is 6.92 Å². The Labute approximate surface area is 309 Å². The van der Waals surface area contributed by atoms with E-state index in [1.165, 1.54) is 16.9 Å². The topological polar surface area (TPSA) is 147 Å². The van der Waals surface area contributed by atoms with E-state index in [-0.39, 0.29) is 47.2 Å². The van der Waals surface area contributed by atoms with Crippen LogP contribution in [0.25, 0.3) is 0 Å². The number of likely N-dealkylation sites (tertiary alicyclic amines) is 1. The summed E-state index contributed by atoms with van der Waals surface area (Å²) in [5.74, 6) is -2.27. The molecular weight excluding hydrogens is 716 g/mol. The monoisotopic (exact) mass is 762 g/mol. The van der Waals surface area contributed by atoms with Crippen molar-refractivity contribution in [2.75, 3.05) is 44.8 Å². The Balaban J connectivity index is 1.11. The molecule has 3 saturated heterocycles. The van der Waals surface area contributed by atoms with E-state index in [4.69, 9.17) is 14.2 Å². The Morgan fingerprint density at radius 2 is 1.81 bits per heavy atom. The number of hydrogen-bond donors (Lipinski definition) is 3. The first-order valence-corrected chi connectivity index (χ1v) is 19.0. The molecule has 2 aromatic rings. The Hall–Kier alpha value is -3.80. The zero-order valence-electron chi connectivity index (χ0n) is 30.0. The molecule has 294 valence electrons. The number of halogens is 4. The van der Waals surface area contributed by atoms with Crippen LogP contribution in [0.4, 0.5) is 23.2 Å². The number of anilines is 1. The lowest BCUT2D eigenvalue weighted by atomic mass is 9.79. The Morgan fingerprint density at radius 1 is 1.11 bits per heavy atom. The predicted octanol–water partition coefficient (Wildman–Crippen LogP) is 3.42. The number of ether oxygens (including phenoxy) is 3. The van der Waals surface area contributed by atoms with Gasteiger partial charge in [0.1, 0.15) is 28.9 Å². The molecule has 3 unspecified atom stereocenters. The zero-order valence-corrected chi connectivity index (χ0v) is 30.0. The summed E-state index contributed by atoms with van der Waals surface area (Å²) in [4.78, 5) is 44.6. The molecule has 1 aromatic carbocycles. The summed E-state index contributed by atoms with van der Waals surface area (Å²) < 4.78 is 77.0. The van der Waals surface area contributed by atoms with Gasteiger partial charge in [0.15, 0.2) is 12.2 Å². The highest BCUT2D eigenvalue weighted by Gasteiger charge is 2.54. The highest BCUT2D eigenvalue weighted by atomic mass is 19.4. The van der Waals surface area contributed by atoms with Crippen LogP contribution in [-0.4, -0.2) is 118 Å². The van der Waals surface area contributed by atoms with Crippen molar-refractivity contribution in [3.63, 3.8) is 0 Å². The molecule has 2 aliphatic carbocycles. The van der Waals surface area contributed by atoms with Gasteiger partial charge in [-0.2, -0.15) is 18.3 Å². The number of benzene rings is 1. The second-order valence-corrected chi connectivity index (χ2v) is 15.7. The number of aromatic nitrogens is 2. The summed E-state index contributed by atoms with van der Waals surface area (Å²) >= 11 is 0. The smallest absolute Gasteiger partial charge is 0.416 e. The number of carbonyl (C=O) groups is 3. The van der Waals surface area contributed by atoms with Crippen molar-refractivity contribution in [3.8, 4) is 5.75 Å². The highest BCUT2D eigenvalue weighted by Crippen LogP contribution is 2.52. The maximum atomic E-state index is 16.3. The highest BCUT2D eigenvalue weighted by molar-refractivity contribution is 6.01. The molecule has 5 heterocycles. The Bertz CT molecular complexity index is 1740. The van der Waals surface area contributed by atoms with E-state index in [0.717, 1.165) is 36.6 Å². The summed E-state index contributed by atoms with van der Waals surface area (Å²) in [6.07, 6.45) is -2.64. The quantitative estimate of drug-likeness (QED) is 0.293. The van der Waals surface area contributed by atoms with E-state index in [1.54, 1.807) is 6.07 Å². The number of aryl methyl sites for hydroxylation is 1. The molecular formula is C37H46F4N6O7. The molecule has 13 nitrogen and oxygen atoms in total. The van der Waals surface area contributed by atoms with Crippen molar-refractivity contribution in [2.24, 2.45) is 17.8 Å². The predicted molar refractivity (Wildman–Crippen MR) is 183 cm³/mol. The van der Waals surface area contributed by atoms with Crippen molar-refractivity contribution in [1.29, 1.82) is 0 Å². The number of amides is 3. The SMILES string of the molecule is CCn1nccc1C(=O)N[C@H](C(=O)Nc1cc2c(cc1F)C(N1CC(C(F)(F)F)OC(CO)C1=O)CC1(CCN(C3COC3)CC1)O2)C(C1CC1)C1CC1. The number of hydrogen-bond acceptors (Lipinski definition) is 9. The van der Waals surface area contributed by atoms with E-state index in [0.29, 0.717) is 51.4 Å². The molecule has 4 aliphatic heterocycles. The van der Waals surface area contributed by atoms with Crippen LogP contribution in [0.1, 0.15) is 74.0 Å². The number of aliphatic hydroxyl groups is 1. The first-order chi connectivity index (χ1) is 25.9. The third-order valence-corrected chi connectivity index (χ3v) is 12.1. The van der Waals surface area contributed by atoms with Crippen LogP contribution in [-0.2, 0) is 25.6 Å². The second kappa shape index (κ2) is 14.4. The number of piperidine rings is 1. The van der Waals surface area contributed by atoms with Crippen LogP contribution in [0.3, 0.4) is 0 Å². The summed E-state index contributed by atoms with van der Waals surface area (Å²) in [7, 11) is 0. The van der Waals surface area contributed by atoms with E-state index in [2.05, 4.69) is 20.6 Å². The van der Waals surface area contributed by atoms with E-state index >= 15 is 4.39 Å². The van der Waals surface area contributed by atoms with Gasteiger partial charge in [0, 0.05) is 43.9 Å². The average molecular weight is 763 g/mol. The van der Waals surface area contributed by atoms with Crippen molar-refractivity contribution in [3.05, 3.63) is 41.5 Å². The molecule has 0 radical (unpaired) electrons. The van der Waals surface area contributed by atoms with Crippen molar-refractivity contribution in [2.45, 2.75) is 101 Å². The second-order valence-electron chi connectivity index (χ2n) is 15.7. The number of aliphatic hydroxyl groups excluding tert-OH is 1. The van der Waals surface area contributed by atoms with Gasteiger partial charge in [0.2, 0.25) is 5.91 Å². The van der Waals surface area contributed by atoms with Crippen LogP contribution < -0.4 is 15.4 Å². The molecule has 17 heteroatoms. The number of nitrogens with one attached hydrogen (secondary N) is 2. The van der Waals surface area contributed by atoms with Crippen molar-refractivity contribution < 1.29 is 51.3 Å². The summed E-state index contributed by atoms with van der Waals surface area (Å²) in [5, 5.41) is 19.7. The minimum absolute atomic E-state index is 0.0987. The van der Waals surface area contributed by atoms with Crippen LogP contribution in [0.2, 0.25) is 0 Å². The van der Waals surface area contributed by atoms with Gasteiger partial charge in [-0.25, -0.2) is 4.39 Å². The summed E-state index contributed by atoms with van der Waals surface area (Å²) in [6, 6.07) is 2.28. The number of carbonyl (C=O) groups excluding carboxylic acids is 3. The van der Waals surface area contributed by atoms with E-state index in [9.17, 15) is 32.7 Å². The first kappa shape index (κ1) is 37.1. The van der Waals surface area contributed by atoms with Crippen molar-refractivity contribution in [1.82, 2.24) is 24.9 Å². The number of fused-ring (bicyclic) bond motifs is 1. The third-order valence-electron chi connectivity index (χ3n) is 12.1. The Morgan fingerprint density at radius 3 is 2.41 bits per heavy atom. The molecule has 0 bridgehead atoms. The van der Waals surface area contributed by atoms with Crippen LogP contribution in [0, 0.1) is 23.6 Å². The van der Waals surface area contributed by atoms with Crippen LogP contribution >= 0.6 is 0 Å². The Kier molecular flexibility index (Phi) is 9.88. The van der Waals surface area contributed by atoms with Gasteiger partial charge in [-0.1, -0.05) is 0 Å². The van der Waals surface area contributed by atoms with Gasteiger partial charge in [-0.3, -0.25) is 24.0 Å². The molecule has 3 N–H and O–H groups in total. The molecule has 4 atom stereocenters. The van der Waals surface area contributed by atoms with Gasteiger partial charge in [-0.15, -0.1) is 0 Å². The molecule has 3 amide bonds. The molecule has 1 aromatic heterocycles. The molecule has 6 aliphatic rings. The standard InChI is InChI=1S/C37H46F4N6O7/c1-2-47-26(7-10-42-47)33(49)44-32(31(20-3-4-20)21-5-6-21)34(50)43-25-14-28-23(13-24(25)38)27(46-16-30(37(39,40)41)53-29(17-48)35(46)51)15-36(54-28)8-11-45(12-9-36)22-18-52-19-22/h7,10,13-14,20-22,27,29-32,48H,2-6,8-9,11-12,15-19H2,1H3,(H,43,50)(H,44,49)/t27?,29?,30?,32-/m0/s1. The van der Waals surface area contributed by atoms with Crippen LogP contribution in [0.5, 0.6) is 5.75 Å². The largest absolute Gasteiger partial charge is 0.487 e. The lowest BCUT2D eigenvalue weighted by molar-refractivity contribution is -0.255. The third kappa shape index (κ3) is 7.19.